The molecule has 0 N–H and O–H groups in total. The highest BCUT2D eigenvalue weighted by atomic mass is 16.5. The Labute approximate surface area is 106 Å². The van der Waals surface area contributed by atoms with Gasteiger partial charge < -0.3 is 4.74 Å². The fourth-order valence-electron chi connectivity index (χ4n) is 2.25. The van der Waals surface area contributed by atoms with E-state index in [1.54, 1.807) is 0 Å². The van der Waals surface area contributed by atoms with E-state index in [1.165, 1.54) is 0 Å². The van der Waals surface area contributed by atoms with Gasteiger partial charge in [0.05, 0.1) is 25.5 Å². The molecule has 1 atom stereocenters. The molecule has 0 spiro atoms. The van der Waals surface area contributed by atoms with E-state index in [-0.39, 0.29) is 11.8 Å². The maximum atomic E-state index is 11.9. The van der Waals surface area contributed by atoms with Crippen molar-refractivity contribution in [2.45, 2.75) is 0 Å². The topological polar surface area (TPSA) is 54.3 Å². The van der Waals surface area contributed by atoms with Crippen LogP contribution in [0.3, 0.4) is 0 Å². The van der Waals surface area contributed by atoms with E-state index < -0.39 is 0 Å². The lowest BCUT2D eigenvalue weighted by Crippen LogP contribution is -2.40. The molecule has 3 aliphatic rings. The molecule has 0 aromatic carbocycles. The number of nitrogens with zero attached hydrogens (tertiary/aromatic N) is 3. The van der Waals surface area contributed by atoms with Crippen LogP contribution in [0.2, 0.25) is 0 Å². The molecule has 5 nitrogen and oxygen atoms in total. The first-order valence-electron chi connectivity index (χ1n) is 6.18. The molecular formula is C13H15N3O2. The third-order valence-corrected chi connectivity index (χ3v) is 3.23. The molecule has 0 bridgehead atoms. The minimum atomic E-state index is -0.275. The molecule has 18 heavy (non-hydrogen) atoms. The van der Waals surface area contributed by atoms with Gasteiger partial charge in [-0.3, -0.25) is 9.69 Å². The number of amidine groups is 1. The molecule has 94 valence electrons. The highest BCUT2D eigenvalue weighted by Gasteiger charge is 2.26. The summed E-state index contributed by atoms with van der Waals surface area (Å²) < 4.78 is 5.29. The predicted molar refractivity (Wildman–Crippen MR) is 68.9 cm³/mol. The number of aliphatic imine (C=N–C) groups is 2. The predicted octanol–water partition coefficient (Wildman–Crippen LogP) is 0.440. The third kappa shape index (κ3) is 2.32. The van der Waals surface area contributed by atoms with Gasteiger partial charge in [-0.15, -0.1) is 0 Å². The van der Waals surface area contributed by atoms with Gasteiger partial charge in [0.25, 0.3) is 5.91 Å². The number of hydrogen-bond acceptors (Lipinski definition) is 4. The van der Waals surface area contributed by atoms with Gasteiger partial charge in [0.2, 0.25) is 0 Å². The molecule has 1 aliphatic carbocycles. The Bertz CT molecular complexity index is 471. The minimum absolute atomic E-state index is 0.108. The lowest BCUT2D eigenvalue weighted by atomic mass is 9.96. The van der Waals surface area contributed by atoms with Crippen molar-refractivity contribution in [1.29, 1.82) is 0 Å². The summed E-state index contributed by atoms with van der Waals surface area (Å²) in [4.78, 5) is 22.7. The van der Waals surface area contributed by atoms with E-state index in [9.17, 15) is 4.79 Å². The van der Waals surface area contributed by atoms with Crippen molar-refractivity contribution in [2.75, 3.05) is 32.8 Å². The zero-order chi connectivity index (χ0) is 12.4. The average Bonchev–Trinajstić information content (AvgIpc) is 2.40. The van der Waals surface area contributed by atoms with E-state index in [0.717, 1.165) is 32.0 Å². The number of rotatable bonds is 2. The standard InChI is InChI=1S/C13H15N3O2/c17-13-10-3-1-2-4-11(10)14-12(15-13)9-16-5-7-18-8-6-16/h1-4,10H,5-9H2. The van der Waals surface area contributed by atoms with E-state index >= 15 is 0 Å². The molecule has 2 heterocycles. The number of carbonyl (C=O) groups excluding carboxylic acids is 1. The summed E-state index contributed by atoms with van der Waals surface area (Å²) in [6.45, 7) is 3.85. The maximum Gasteiger partial charge on any atom is 0.260 e. The zero-order valence-corrected chi connectivity index (χ0v) is 10.1. The first-order valence-corrected chi connectivity index (χ1v) is 6.18. The molecule has 2 aliphatic heterocycles. The molecule has 3 rings (SSSR count). The summed E-state index contributed by atoms with van der Waals surface area (Å²) in [7, 11) is 0. The van der Waals surface area contributed by atoms with Crippen LogP contribution in [0.15, 0.2) is 34.3 Å². The molecule has 0 aromatic heterocycles. The smallest absolute Gasteiger partial charge is 0.260 e. The number of fused-ring (bicyclic) bond motifs is 1. The van der Waals surface area contributed by atoms with Gasteiger partial charge in [-0.05, 0) is 6.08 Å². The van der Waals surface area contributed by atoms with Crippen molar-refractivity contribution in [3.05, 3.63) is 24.3 Å². The number of carbonyl (C=O) groups is 1. The maximum absolute atomic E-state index is 11.9. The van der Waals surface area contributed by atoms with Gasteiger partial charge in [-0.2, -0.15) is 4.99 Å². The summed E-state index contributed by atoms with van der Waals surface area (Å²) in [5.41, 5.74) is 0.806. The Balaban J connectivity index is 1.73. The highest BCUT2D eigenvalue weighted by molar-refractivity contribution is 6.21. The molecule has 1 unspecified atom stereocenters. The normalized spacial score (nSPS) is 27.8. The molecule has 1 amide bonds. The fraction of sp³-hybridized carbons (Fsp3) is 0.462. The fourth-order valence-corrected chi connectivity index (χ4v) is 2.25. The van der Waals surface area contributed by atoms with Crippen molar-refractivity contribution in [3.63, 3.8) is 0 Å². The van der Waals surface area contributed by atoms with Crippen LogP contribution >= 0.6 is 0 Å². The summed E-state index contributed by atoms with van der Waals surface area (Å²) in [6.07, 6.45) is 7.50. The van der Waals surface area contributed by atoms with Crippen molar-refractivity contribution in [2.24, 2.45) is 15.9 Å². The van der Waals surface area contributed by atoms with E-state index in [0.29, 0.717) is 12.4 Å². The number of morpholine rings is 1. The Morgan fingerprint density at radius 2 is 2.11 bits per heavy atom. The average molecular weight is 245 g/mol. The first kappa shape index (κ1) is 11.5. The largest absolute Gasteiger partial charge is 0.379 e. The zero-order valence-electron chi connectivity index (χ0n) is 10.1. The van der Waals surface area contributed by atoms with Crippen LogP contribution in [0.1, 0.15) is 0 Å². The Morgan fingerprint density at radius 3 is 2.94 bits per heavy atom. The second kappa shape index (κ2) is 4.96. The summed E-state index contributed by atoms with van der Waals surface area (Å²) in [5, 5.41) is 0. The lowest BCUT2D eigenvalue weighted by molar-refractivity contribution is -0.118. The van der Waals surface area contributed by atoms with Gasteiger partial charge in [0, 0.05) is 13.1 Å². The number of ether oxygens (including phenoxy) is 1. The van der Waals surface area contributed by atoms with E-state index in [1.807, 2.05) is 24.3 Å². The Morgan fingerprint density at radius 1 is 1.28 bits per heavy atom. The molecule has 5 heteroatoms. The number of hydrogen-bond donors (Lipinski definition) is 0. The van der Waals surface area contributed by atoms with Gasteiger partial charge >= 0.3 is 0 Å². The van der Waals surface area contributed by atoms with Crippen LogP contribution in [0.25, 0.3) is 0 Å². The second-order valence-corrected chi connectivity index (χ2v) is 4.51. The van der Waals surface area contributed by atoms with Crippen molar-refractivity contribution >= 4 is 17.5 Å². The summed E-state index contributed by atoms with van der Waals surface area (Å²) >= 11 is 0. The molecule has 1 saturated heterocycles. The van der Waals surface area contributed by atoms with Crippen molar-refractivity contribution in [3.8, 4) is 0 Å². The molecule has 1 fully saturated rings. The Kier molecular flexibility index (Phi) is 3.17. The lowest BCUT2D eigenvalue weighted by Gasteiger charge is -2.27. The molecular weight excluding hydrogens is 230 g/mol. The van der Waals surface area contributed by atoms with Crippen LogP contribution in [0.5, 0.6) is 0 Å². The van der Waals surface area contributed by atoms with Crippen molar-refractivity contribution in [1.82, 2.24) is 4.90 Å². The van der Waals surface area contributed by atoms with Crippen molar-refractivity contribution < 1.29 is 9.53 Å². The van der Waals surface area contributed by atoms with E-state index in [4.69, 9.17) is 4.74 Å². The van der Waals surface area contributed by atoms with Gasteiger partial charge in [-0.1, -0.05) is 18.2 Å². The van der Waals surface area contributed by atoms with Crippen LogP contribution < -0.4 is 0 Å². The molecule has 0 aromatic rings. The van der Waals surface area contributed by atoms with Gasteiger partial charge in [0.15, 0.2) is 0 Å². The van der Waals surface area contributed by atoms with Crippen LogP contribution in [0, 0.1) is 5.92 Å². The van der Waals surface area contributed by atoms with Gasteiger partial charge in [-0.25, -0.2) is 4.99 Å². The second-order valence-electron chi connectivity index (χ2n) is 4.51. The third-order valence-electron chi connectivity index (χ3n) is 3.23. The number of allylic oxidation sites excluding steroid dienone is 3. The molecule has 0 radical (unpaired) electrons. The highest BCUT2D eigenvalue weighted by Crippen LogP contribution is 2.16. The summed E-state index contributed by atoms with van der Waals surface area (Å²) in [5.74, 6) is 0.236. The van der Waals surface area contributed by atoms with Crippen LogP contribution in [0.4, 0.5) is 0 Å². The number of amides is 1. The Hall–Kier alpha value is -1.59. The quantitative estimate of drug-likeness (QED) is 0.709. The SMILES string of the molecule is O=C1N=C(CN2CCOCC2)N=C2C=CC=CC12. The molecule has 0 saturated carbocycles. The van der Waals surface area contributed by atoms with Crippen LogP contribution in [-0.2, 0) is 9.53 Å². The minimum Gasteiger partial charge on any atom is -0.379 e. The van der Waals surface area contributed by atoms with E-state index in [2.05, 4.69) is 14.9 Å². The summed E-state index contributed by atoms with van der Waals surface area (Å²) in [6, 6.07) is 0. The monoisotopic (exact) mass is 245 g/mol. The van der Waals surface area contributed by atoms with Gasteiger partial charge in [0.1, 0.15) is 11.8 Å². The van der Waals surface area contributed by atoms with Crippen LogP contribution in [-0.4, -0.2) is 55.2 Å². The first-order chi connectivity index (χ1) is 8.83.